The highest BCUT2D eigenvalue weighted by molar-refractivity contribution is 5.72. The number of benzene rings is 1. The van der Waals surface area contributed by atoms with Crippen LogP contribution in [-0.2, 0) is 11.2 Å². The second-order valence-corrected chi connectivity index (χ2v) is 3.60. The highest BCUT2D eigenvalue weighted by Gasteiger charge is 2.19. The van der Waals surface area contributed by atoms with Crippen LogP contribution in [0.2, 0.25) is 0 Å². The predicted molar refractivity (Wildman–Crippen MR) is 63.0 cm³/mol. The molecule has 0 aliphatic carbocycles. The van der Waals surface area contributed by atoms with Crippen LogP contribution in [0.4, 0.5) is 0 Å². The first kappa shape index (κ1) is 13.5. The molecule has 0 aromatic heterocycles. The molecule has 1 atom stereocenters. The lowest BCUT2D eigenvalue weighted by Gasteiger charge is -2.16. The summed E-state index contributed by atoms with van der Waals surface area (Å²) in [6, 6.07) is 7.07. The smallest absolute Gasteiger partial charge is 0.344 e. The van der Waals surface area contributed by atoms with Crippen molar-refractivity contribution in [1.82, 2.24) is 0 Å². The van der Waals surface area contributed by atoms with E-state index in [1.807, 2.05) is 6.07 Å². The summed E-state index contributed by atoms with van der Waals surface area (Å²) in [4.78, 5) is 10.9. The minimum absolute atomic E-state index is 0.00496. The van der Waals surface area contributed by atoms with E-state index >= 15 is 0 Å². The van der Waals surface area contributed by atoms with Crippen LogP contribution >= 0.6 is 0 Å². The molecule has 17 heavy (non-hydrogen) atoms. The standard InChI is InChI=1S/C12H17NO4/c13-7-5-11(12(15)16)17-10-4-2-1-3-9(10)6-8-14/h1-4,11,14H,5-8,13H2,(H,15,16). The summed E-state index contributed by atoms with van der Waals surface area (Å²) >= 11 is 0. The van der Waals surface area contributed by atoms with Gasteiger partial charge in [-0.05, 0) is 24.6 Å². The van der Waals surface area contributed by atoms with Crippen molar-refractivity contribution >= 4 is 5.97 Å². The molecular formula is C12H17NO4. The Morgan fingerprint density at radius 3 is 2.71 bits per heavy atom. The number of carboxylic acid groups (broad SMARTS) is 1. The second kappa shape index (κ2) is 6.88. The Kier molecular flexibility index (Phi) is 5.45. The van der Waals surface area contributed by atoms with Gasteiger partial charge in [-0.1, -0.05) is 18.2 Å². The molecule has 0 heterocycles. The number of ether oxygens (including phenoxy) is 1. The van der Waals surface area contributed by atoms with Gasteiger partial charge in [-0.25, -0.2) is 4.79 Å². The van der Waals surface area contributed by atoms with E-state index in [0.29, 0.717) is 12.2 Å². The largest absolute Gasteiger partial charge is 0.479 e. The number of hydrogen-bond donors (Lipinski definition) is 3. The fourth-order valence-electron chi connectivity index (χ4n) is 1.48. The first-order valence-electron chi connectivity index (χ1n) is 5.47. The van der Waals surface area contributed by atoms with Gasteiger partial charge in [0.15, 0.2) is 6.10 Å². The quantitative estimate of drug-likeness (QED) is 0.640. The summed E-state index contributed by atoms with van der Waals surface area (Å²) in [5.74, 6) is -0.545. The van der Waals surface area contributed by atoms with Gasteiger partial charge in [-0.3, -0.25) is 0 Å². The molecule has 0 amide bonds. The van der Waals surface area contributed by atoms with Gasteiger partial charge in [0.2, 0.25) is 0 Å². The average molecular weight is 239 g/mol. The molecule has 1 rings (SSSR count). The van der Waals surface area contributed by atoms with Gasteiger partial charge < -0.3 is 20.7 Å². The van der Waals surface area contributed by atoms with E-state index in [9.17, 15) is 4.79 Å². The van der Waals surface area contributed by atoms with Crippen LogP contribution in [0.5, 0.6) is 5.75 Å². The van der Waals surface area contributed by atoms with Crippen molar-refractivity contribution in [3.05, 3.63) is 29.8 Å². The zero-order chi connectivity index (χ0) is 12.7. The van der Waals surface area contributed by atoms with Gasteiger partial charge in [0.25, 0.3) is 0 Å². The molecule has 0 radical (unpaired) electrons. The molecule has 1 aromatic rings. The molecule has 5 heteroatoms. The molecule has 1 unspecified atom stereocenters. The van der Waals surface area contributed by atoms with Gasteiger partial charge in [-0.15, -0.1) is 0 Å². The molecule has 1 aromatic carbocycles. The van der Waals surface area contributed by atoms with Crippen molar-refractivity contribution in [1.29, 1.82) is 0 Å². The Morgan fingerprint density at radius 2 is 2.12 bits per heavy atom. The van der Waals surface area contributed by atoms with Crippen LogP contribution in [0.15, 0.2) is 24.3 Å². The van der Waals surface area contributed by atoms with Crippen molar-refractivity contribution in [2.45, 2.75) is 18.9 Å². The lowest BCUT2D eigenvalue weighted by Crippen LogP contribution is -2.30. The molecule has 0 fully saturated rings. The van der Waals surface area contributed by atoms with Crippen molar-refractivity contribution < 1.29 is 19.7 Å². The fraction of sp³-hybridized carbons (Fsp3) is 0.417. The Bertz CT molecular complexity index is 367. The summed E-state index contributed by atoms with van der Waals surface area (Å²) in [5, 5.41) is 17.9. The van der Waals surface area contributed by atoms with Crippen LogP contribution in [0.3, 0.4) is 0 Å². The number of aliphatic carboxylic acids is 1. The Hall–Kier alpha value is -1.59. The monoisotopic (exact) mass is 239 g/mol. The lowest BCUT2D eigenvalue weighted by atomic mass is 10.1. The minimum atomic E-state index is -1.03. The number of carbonyl (C=O) groups is 1. The van der Waals surface area contributed by atoms with Crippen LogP contribution in [0.1, 0.15) is 12.0 Å². The maximum Gasteiger partial charge on any atom is 0.344 e. The Morgan fingerprint density at radius 1 is 1.41 bits per heavy atom. The number of rotatable bonds is 7. The molecular weight excluding hydrogens is 222 g/mol. The maximum absolute atomic E-state index is 10.9. The van der Waals surface area contributed by atoms with Gasteiger partial charge >= 0.3 is 5.97 Å². The van der Waals surface area contributed by atoms with Gasteiger partial charge in [-0.2, -0.15) is 0 Å². The first-order chi connectivity index (χ1) is 8.19. The van der Waals surface area contributed by atoms with E-state index in [1.165, 1.54) is 0 Å². The van der Waals surface area contributed by atoms with Crippen LogP contribution < -0.4 is 10.5 Å². The molecule has 0 saturated carbocycles. The molecule has 0 spiro atoms. The van der Waals surface area contributed by atoms with E-state index in [0.717, 1.165) is 5.56 Å². The Labute approximate surface area is 99.8 Å². The number of aliphatic hydroxyl groups excluding tert-OH is 1. The van der Waals surface area contributed by atoms with E-state index in [2.05, 4.69) is 0 Å². The van der Waals surface area contributed by atoms with E-state index in [1.54, 1.807) is 18.2 Å². The third kappa shape index (κ3) is 4.05. The number of para-hydroxylation sites is 1. The topological polar surface area (TPSA) is 92.8 Å². The zero-order valence-corrected chi connectivity index (χ0v) is 9.50. The van der Waals surface area contributed by atoms with Gasteiger partial charge in [0, 0.05) is 13.0 Å². The van der Waals surface area contributed by atoms with Crippen LogP contribution in [0, 0.1) is 0 Å². The third-order valence-electron chi connectivity index (χ3n) is 2.33. The summed E-state index contributed by atoms with van der Waals surface area (Å²) < 4.78 is 5.41. The van der Waals surface area contributed by atoms with E-state index in [-0.39, 0.29) is 19.6 Å². The van der Waals surface area contributed by atoms with E-state index in [4.69, 9.17) is 20.7 Å². The van der Waals surface area contributed by atoms with Gasteiger partial charge in [0.05, 0.1) is 0 Å². The zero-order valence-electron chi connectivity index (χ0n) is 9.50. The Balaban J connectivity index is 2.80. The lowest BCUT2D eigenvalue weighted by molar-refractivity contribution is -0.145. The normalized spacial score (nSPS) is 12.1. The fourth-order valence-corrected chi connectivity index (χ4v) is 1.48. The predicted octanol–water partition coefficient (Wildman–Crippen LogP) is 0.402. The second-order valence-electron chi connectivity index (χ2n) is 3.60. The molecule has 0 aliphatic heterocycles. The summed E-state index contributed by atoms with van der Waals surface area (Å²) in [6.07, 6.45) is -0.256. The van der Waals surface area contributed by atoms with Crippen LogP contribution in [0.25, 0.3) is 0 Å². The molecule has 0 bridgehead atoms. The summed E-state index contributed by atoms with van der Waals surface area (Å²) in [6.45, 7) is 0.244. The number of hydrogen-bond acceptors (Lipinski definition) is 4. The highest BCUT2D eigenvalue weighted by atomic mass is 16.5. The summed E-state index contributed by atoms with van der Waals surface area (Å²) in [7, 11) is 0. The molecule has 0 aliphatic rings. The summed E-state index contributed by atoms with van der Waals surface area (Å²) in [5.41, 5.74) is 6.12. The molecule has 94 valence electrons. The van der Waals surface area contributed by atoms with Crippen molar-refractivity contribution in [2.24, 2.45) is 5.73 Å². The van der Waals surface area contributed by atoms with Gasteiger partial charge in [0.1, 0.15) is 5.75 Å². The number of carboxylic acids is 1. The van der Waals surface area contributed by atoms with E-state index < -0.39 is 12.1 Å². The van der Waals surface area contributed by atoms with Crippen molar-refractivity contribution in [3.63, 3.8) is 0 Å². The highest BCUT2D eigenvalue weighted by Crippen LogP contribution is 2.20. The molecule has 5 nitrogen and oxygen atoms in total. The van der Waals surface area contributed by atoms with Crippen molar-refractivity contribution in [3.8, 4) is 5.75 Å². The van der Waals surface area contributed by atoms with Crippen LogP contribution in [-0.4, -0.2) is 35.4 Å². The first-order valence-corrected chi connectivity index (χ1v) is 5.47. The molecule has 4 N–H and O–H groups in total. The number of aliphatic hydroxyl groups is 1. The average Bonchev–Trinajstić information content (AvgIpc) is 2.31. The number of nitrogens with two attached hydrogens (primary N) is 1. The minimum Gasteiger partial charge on any atom is -0.479 e. The molecule has 0 saturated heterocycles. The third-order valence-corrected chi connectivity index (χ3v) is 2.33. The van der Waals surface area contributed by atoms with Crippen molar-refractivity contribution in [2.75, 3.05) is 13.2 Å². The SMILES string of the molecule is NCCC(Oc1ccccc1CCO)C(=O)O. The maximum atomic E-state index is 10.9.